The van der Waals surface area contributed by atoms with E-state index in [0.29, 0.717) is 6.42 Å². The highest BCUT2D eigenvalue weighted by Gasteiger charge is 2.07. The molecule has 0 N–H and O–H groups in total. The van der Waals surface area contributed by atoms with Gasteiger partial charge < -0.3 is 4.74 Å². The zero-order valence-corrected chi connectivity index (χ0v) is 14.0. The normalized spacial score (nSPS) is 11.1. The Balaban J connectivity index is 0.000000255. The molecule has 118 valence electrons. The second-order valence-corrected chi connectivity index (χ2v) is 5.50. The molecule has 0 saturated carbocycles. The monoisotopic (exact) mass is 298 g/mol. The summed E-state index contributed by atoms with van der Waals surface area (Å²) in [6.07, 6.45) is 1.19. The van der Waals surface area contributed by atoms with Crippen LogP contribution < -0.4 is 0 Å². The van der Waals surface area contributed by atoms with Gasteiger partial charge in [0.2, 0.25) is 0 Å². The summed E-state index contributed by atoms with van der Waals surface area (Å²) in [5.41, 5.74) is 3.86. The molecule has 0 radical (unpaired) electrons. The number of hydrogen-bond acceptors (Lipinski definition) is 2. The second kappa shape index (κ2) is 9.78. The van der Waals surface area contributed by atoms with Gasteiger partial charge in [-0.1, -0.05) is 72.6 Å². The molecule has 1 unspecified atom stereocenters. The van der Waals surface area contributed by atoms with Crippen molar-refractivity contribution in [3.05, 3.63) is 71.3 Å². The SMILES string of the molecule is CCC(=O)OC(C)Cc1ccccc1.Cc1ccc(C)cc1. The molecular weight excluding hydrogens is 272 g/mol. The summed E-state index contributed by atoms with van der Waals surface area (Å²) in [6.45, 7) is 7.91. The lowest BCUT2D eigenvalue weighted by Gasteiger charge is -2.12. The molecule has 2 rings (SSSR count). The van der Waals surface area contributed by atoms with E-state index >= 15 is 0 Å². The third kappa shape index (κ3) is 7.63. The molecule has 0 spiro atoms. The summed E-state index contributed by atoms with van der Waals surface area (Å²) in [6, 6.07) is 18.5. The highest BCUT2D eigenvalue weighted by Crippen LogP contribution is 2.06. The summed E-state index contributed by atoms with van der Waals surface area (Å²) < 4.78 is 5.16. The molecule has 2 nitrogen and oxygen atoms in total. The van der Waals surface area contributed by atoms with Gasteiger partial charge in [-0.25, -0.2) is 0 Å². The first kappa shape index (κ1) is 18.0. The first-order valence-electron chi connectivity index (χ1n) is 7.78. The van der Waals surface area contributed by atoms with Crippen molar-refractivity contribution in [2.24, 2.45) is 0 Å². The molecule has 0 heterocycles. The molecule has 0 fully saturated rings. The van der Waals surface area contributed by atoms with Gasteiger partial charge in [0, 0.05) is 12.8 Å². The third-order valence-electron chi connectivity index (χ3n) is 3.21. The Bertz CT molecular complexity index is 523. The van der Waals surface area contributed by atoms with E-state index in [0.717, 1.165) is 6.42 Å². The van der Waals surface area contributed by atoms with Crippen LogP contribution in [0, 0.1) is 13.8 Å². The Kier molecular flexibility index (Phi) is 7.98. The molecule has 0 aliphatic heterocycles. The largest absolute Gasteiger partial charge is 0.462 e. The van der Waals surface area contributed by atoms with Crippen LogP contribution in [0.25, 0.3) is 0 Å². The van der Waals surface area contributed by atoms with E-state index in [-0.39, 0.29) is 12.1 Å². The maximum atomic E-state index is 11.0. The number of benzene rings is 2. The van der Waals surface area contributed by atoms with Crippen LogP contribution in [0.1, 0.15) is 37.0 Å². The molecule has 2 heteroatoms. The van der Waals surface area contributed by atoms with Gasteiger partial charge in [0.25, 0.3) is 0 Å². The molecule has 0 amide bonds. The minimum atomic E-state index is -0.131. The molecule has 1 atom stereocenters. The smallest absolute Gasteiger partial charge is 0.305 e. The first-order valence-corrected chi connectivity index (χ1v) is 7.78. The second-order valence-electron chi connectivity index (χ2n) is 5.50. The zero-order valence-electron chi connectivity index (χ0n) is 14.0. The molecule has 2 aromatic carbocycles. The summed E-state index contributed by atoms with van der Waals surface area (Å²) in [7, 11) is 0. The third-order valence-corrected chi connectivity index (χ3v) is 3.21. The summed E-state index contributed by atoms with van der Waals surface area (Å²) in [5, 5.41) is 0. The van der Waals surface area contributed by atoms with Crippen molar-refractivity contribution in [1.82, 2.24) is 0 Å². The highest BCUT2D eigenvalue weighted by atomic mass is 16.5. The Morgan fingerprint density at radius 2 is 1.45 bits per heavy atom. The van der Waals surface area contributed by atoms with Gasteiger partial charge in [-0.2, -0.15) is 0 Å². The van der Waals surface area contributed by atoms with Gasteiger partial charge in [0.15, 0.2) is 0 Å². The van der Waals surface area contributed by atoms with Gasteiger partial charge in [-0.05, 0) is 26.3 Å². The number of rotatable bonds is 4. The summed E-state index contributed by atoms with van der Waals surface area (Å²) in [5.74, 6) is -0.131. The lowest BCUT2D eigenvalue weighted by molar-refractivity contribution is -0.147. The van der Waals surface area contributed by atoms with Gasteiger partial charge >= 0.3 is 5.97 Å². The molecule has 0 aromatic heterocycles. The van der Waals surface area contributed by atoms with Gasteiger partial charge in [-0.3, -0.25) is 4.79 Å². The Morgan fingerprint density at radius 3 is 1.91 bits per heavy atom. The van der Waals surface area contributed by atoms with Crippen molar-refractivity contribution in [3.8, 4) is 0 Å². The molecule has 0 aliphatic rings. The van der Waals surface area contributed by atoms with Crippen LogP contribution in [0.2, 0.25) is 0 Å². The number of ether oxygens (including phenoxy) is 1. The number of esters is 1. The zero-order chi connectivity index (χ0) is 16.4. The van der Waals surface area contributed by atoms with E-state index in [1.807, 2.05) is 37.3 Å². The minimum Gasteiger partial charge on any atom is -0.462 e. The van der Waals surface area contributed by atoms with E-state index in [9.17, 15) is 4.79 Å². The van der Waals surface area contributed by atoms with E-state index in [1.54, 1.807) is 6.92 Å². The fourth-order valence-corrected chi connectivity index (χ4v) is 1.93. The number of hydrogen-bond donors (Lipinski definition) is 0. The van der Waals surface area contributed by atoms with E-state index in [2.05, 4.69) is 38.1 Å². The van der Waals surface area contributed by atoms with Crippen LogP contribution in [0.5, 0.6) is 0 Å². The Labute approximate surface area is 134 Å². The van der Waals surface area contributed by atoms with Crippen LogP contribution in [0.4, 0.5) is 0 Å². The average molecular weight is 298 g/mol. The maximum absolute atomic E-state index is 11.0. The van der Waals surface area contributed by atoms with Crippen LogP contribution in [0.3, 0.4) is 0 Å². The molecule has 0 bridgehead atoms. The van der Waals surface area contributed by atoms with Gasteiger partial charge in [-0.15, -0.1) is 0 Å². The molecule has 0 saturated heterocycles. The fraction of sp³-hybridized carbons (Fsp3) is 0.350. The fourth-order valence-electron chi connectivity index (χ4n) is 1.93. The number of carbonyl (C=O) groups excluding carboxylic acids is 1. The molecule has 0 aliphatic carbocycles. The van der Waals surface area contributed by atoms with Crippen molar-refractivity contribution in [2.45, 2.75) is 46.6 Å². The van der Waals surface area contributed by atoms with Crippen molar-refractivity contribution in [3.63, 3.8) is 0 Å². The Morgan fingerprint density at radius 1 is 0.955 bits per heavy atom. The molecular formula is C20H26O2. The number of carbonyl (C=O) groups is 1. The standard InChI is InChI=1S/C12H16O2.C8H10/c1-3-12(13)14-10(2)9-11-7-5-4-6-8-11;1-7-3-5-8(2)6-4-7/h4-8,10H,3,9H2,1-2H3;3-6H,1-2H3. The molecule has 2 aromatic rings. The lowest BCUT2D eigenvalue weighted by Crippen LogP contribution is -2.16. The average Bonchev–Trinajstić information content (AvgIpc) is 2.51. The van der Waals surface area contributed by atoms with Crippen molar-refractivity contribution in [1.29, 1.82) is 0 Å². The van der Waals surface area contributed by atoms with Crippen molar-refractivity contribution in [2.75, 3.05) is 0 Å². The predicted molar refractivity (Wildman–Crippen MR) is 91.9 cm³/mol. The minimum absolute atomic E-state index is 0.0372. The van der Waals surface area contributed by atoms with Crippen molar-refractivity contribution < 1.29 is 9.53 Å². The summed E-state index contributed by atoms with van der Waals surface area (Å²) >= 11 is 0. The summed E-state index contributed by atoms with van der Waals surface area (Å²) in [4.78, 5) is 11.0. The van der Waals surface area contributed by atoms with Crippen LogP contribution in [0.15, 0.2) is 54.6 Å². The Hall–Kier alpha value is -2.09. The lowest BCUT2D eigenvalue weighted by atomic mass is 10.1. The van der Waals surface area contributed by atoms with Gasteiger partial charge in [0.1, 0.15) is 6.10 Å². The van der Waals surface area contributed by atoms with Crippen molar-refractivity contribution >= 4 is 5.97 Å². The first-order chi connectivity index (χ1) is 10.5. The predicted octanol–water partition coefficient (Wildman–Crippen LogP) is 4.87. The quantitative estimate of drug-likeness (QED) is 0.752. The molecule has 22 heavy (non-hydrogen) atoms. The van der Waals surface area contributed by atoms with E-state index in [4.69, 9.17) is 4.74 Å². The maximum Gasteiger partial charge on any atom is 0.305 e. The van der Waals surface area contributed by atoms with Crippen LogP contribution >= 0.6 is 0 Å². The topological polar surface area (TPSA) is 26.3 Å². The number of aryl methyl sites for hydroxylation is 2. The van der Waals surface area contributed by atoms with E-state index < -0.39 is 0 Å². The van der Waals surface area contributed by atoms with E-state index in [1.165, 1.54) is 16.7 Å². The van der Waals surface area contributed by atoms with Crippen LogP contribution in [-0.2, 0) is 16.0 Å². The highest BCUT2D eigenvalue weighted by molar-refractivity contribution is 5.69. The van der Waals surface area contributed by atoms with Crippen LogP contribution in [-0.4, -0.2) is 12.1 Å². The van der Waals surface area contributed by atoms with Gasteiger partial charge in [0.05, 0.1) is 0 Å².